The first kappa shape index (κ1) is 16.4. The van der Waals surface area contributed by atoms with Gasteiger partial charge in [0.2, 0.25) is 0 Å². The van der Waals surface area contributed by atoms with Gasteiger partial charge >= 0.3 is 0 Å². The third-order valence-electron chi connectivity index (χ3n) is 5.95. The normalized spacial score (nSPS) is 26.9. The number of H-pyrrole nitrogens is 1. The van der Waals surface area contributed by atoms with E-state index in [0.717, 1.165) is 55.2 Å². The summed E-state index contributed by atoms with van der Waals surface area (Å²) >= 11 is 0. The van der Waals surface area contributed by atoms with E-state index in [1.807, 2.05) is 14.1 Å². The number of nitrogens with one attached hydrogen (secondary N) is 1. The van der Waals surface area contributed by atoms with Crippen LogP contribution in [0.2, 0.25) is 0 Å². The van der Waals surface area contributed by atoms with Crippen LogP contribution in [0.3, 0.4) is 0 Å². The largest absolute Gasteiger partial charge is 0.360 e. The standard InChI is InChI=1S/C19H28N6O/c1-24(2)9-15-7-14(23-26-15)8-25-10-16(12-3-4-12)17(11-25)19-20-18(21-22-19)13-5-6-13/h7,12-13,16-17H,3-6,8-11H2,1-2H3,(H,20,21,22)/t16-,17+/m1/s1. The van der Waals surface area contributed by atoms with Gasteiger partial charge in [-0.15, -0.1) is 0 Å². The molecule has 7 nitrogen and oxygen atoms in total. The van der Waals surface area contributed by atoms with Crippen molar-refractivity contribution in [3.05, 3.63) is 29.2 Å². The summed E-state index contributed by atoms with van der Waals surface area (Å²) in [5.41, 5.74) is 1.04. The van der Waals surface area contributed by atoms with E-state index in [-0.39, 0.29) is 0 Å². The van der Waals surface area contributed by atoms with Crippen molar-refractivity contribution in [3.63, 3.8) is 0 Å². The summed E-state index contributed by atoms with van der Waals surface area (Å²) in [6, 6.07) is 2.10. The van der Waals surface area contributed by atoms with E-state index in [1.54, 1.807) is 0 Å². The van der Waals surface area contributed by atoms with E-state index in [2.05, 4.69) is 31.2 Å². The van der Waals surface area contributed by atoms with Gasteiger partial charge in [0, 0.05) is 37.5 Å². The predicted octanol–water partition coefficient (Wildman–Crippen LogP) is 2.36. The number of aromatic amines is 1. The SMILES string of the molecule is CN(C)Cc1cc(CN2C[C@H](c3nc(C4CC4)n[nH]3)[C@@H](C3CC3)C2)no1. The molecule has 0 amide bonds. The van der Waals surface area contributed by atoms with E-state index >= 15 is 0 Å². The van der Waals surface area contributed by atoms with Crippen LogP contribution in [0.25, 0.3) is 0 Å². The van der Waals surface area contributed by atoms with Crippen LogP contribution in [0.5, 0.6) is 0 Å². The third kappa shape index (κ3) is 3.42. The van der Waals surface area contributed by atoms with Gasteiger partial charge in [0.05, 0.1) is 12.2 Å². The van der Waals surface area contributed by atoms with Crippen LogP contribution in [0, 0.1) is 11.8 Å². The lowest BCUT2D eigenvalue weighted by molar-refractivity contribution is 0.284. The molecule has 3 fully saturated rings. The topological polar surface area (TPSA) is 74.1 Å². The van der Waals surface area contributed by atoms with Crippen LogP contribution in [0.4, 0.5) is 0 Å². The highest BCUT2D eigenvalue weighted by atomic mass is 16.5. The number of aromatic nitrogens is 4. The van der Waals surface area contributed by atoms with E-state index in [0.29, 0.717) is 17.8 Å². The summed E-state index contributed by atoms with van der Waals surface area (Å²) in [5.74, 6) is 5.74. The molecule has 0 aromatic carbocycles. The zero-order valence-corrected chi connectivity index (χ0v) is 15.7. The fourth-order valence-electron chi connectivity index (χ4n) is 4.36. The van der Waals surface area contributed by atoms with Crippen molar-refractivity contribution in [2.75, 3.05) is 27.2 Å². The van der Waals surface area contributed by atoms with E-state index in [4.69, 9.17) is 9.51 Å². The molecule has 140 valence electrons. The van der Waals surface area contributed by atoms with Gasteiger partial charge < -0.3 is 9.42 Å². The molecule has 1 saturated heterocycles. The molecule has 3 heterocycles. The molecule has 2 atom stereocenters. The average Bonchev–Trinajstić information content (AvgIpc) is 3.50. The van der Waals surface area contributed by atoms with E-state index in [9.17, 15) is 0 Å². The Hall–Kier alpha value is -1.73. The van der Waals surface area contributed by atoms with Gasteiger partial charge in [-0.25, -0.2) is 4.98 Å². The highest BCUT2D eigenvalue weighted by molar-refractivity contribution is 5.13. The fourth-order valence-corrected chi connectivity index (χ4v) is 4.36. The van der Waals surface area contributed by atoms with Crippen LogP contribution in [-0.4, -0.2) is 57.3 Å². The molecule has 7 heteroatoms. The molecule has 1 N–H and O–H groups in total. The Kier molecular flexibility index (Phi) is 4.09. The fraction of sp³-hybridized carbons (Fsp3) is 0.737. The molecule has 0 radical (unpaired) electrons. The van der Waals surface area contributed by atoms with Crippen molar-refractivity contribution < 1.29 is 4.52 Å². The Morgan fingerprint density at radius 2 is 2.08 bits per heavy atom. The zero-order chi connectivity index (χ0) is 17.7. The van der Waals surface area contributed by atoms with Crippen molar-refractivity contribution in [2.45, 2.75) is 50.6 Å². The second kappa shape index (κ2) is 6.46. The maximum absolute atomic E-state index is 5.47. The van der Waals surface area contributed by atoms with Crippen molar-refractivity contribution in [2.24, 2.45) is 11.8 Å². The zero-order valence-electron chi connectivity index (χ0n) is 15.7. The Bertz CT molecular complexity index is 760. The summed E-state index contributed by atoms with van der Waals surface area (Å²) < 4.78 is 5.47. The van der Waals surface area contributed by atoms with Crippen LogP contribution < -0.4 is 0 Å². The molecule has 0 spiro atoms. The molecule has 0 unspecified atom stereocenters. The van der Waals surface area contributed by atoms with Crippen LogP contribution in [0.1, 0.15) is 60.6 Å². The quantitative estimate of drug-likeness (QED) is 0.821. The maximum atomic E-state index is 5.47. The van der Waals surface area contributed by atoms with Gasteiger partial charge in [-0.05, 0) is 51.6 Å². The van der Waals surface area contributed by atoms with Gasteiger partial charge in [0.15, 0.2) is 11.6 Å². The predicted molar refractivity (Wildman–Crippen MR) is 96.5 cm³/mol. The molecule has 2 aliphatic carbocycles. The summed E-state index contributed by atoms with van der Waals surface area (Å²) in [6.07, 6.45) is 5.24. The second-order valence-corrected chi connectivity index (χ2v) is 8.68. The molecular weight excluding hydrogens is 328 g/mol. The smallest absolute Gasteiger partial charge is 0.153 e. The summed E-state index contributed by atoms with van der Waals surface area (Å²) in [7, 11) is 4.08. The van der Waals surface area contributed by atoms with Crippen molar-refractivity contribution in [3.8, 4) is 0 Å². The lowest BCUT2D eigenvalue weighted by Crippen LogP contribution is -2.20. The minimum atomic E-state index is 0.482. The van der Waals surface area contributed by atoms with Crippen LogP contribution in [0.15, 0.2) is 10.6 Å². The Morgan fingerprint density at radius 1 is 1.23 bits per heavy atom. The number of rotatable bonds is 7. The van der Waals surface area contributed by atoms with Crippen molar-refractivity contribution in [1.82, 2.24) is 30.1 Å². The van der Waals surface area contributed by atoms with E-state index < -0.39 is 0 Å². The molecule has 5 rings (SSSR count). The molecule has 2 saturated carbocycles. The first-order valence-corrected chi connectivity index (χ1v) is 9.89. The molecule has 2 aromatic rings. The van der Waals surface area contributed by atoms with Crippen molar-refractivity contribution >= 4 is 0 Å². The van der Waals surface area contributed by atoms with E-state index in [1.165, 1.54) is 25.7 Å². The summed E-state index contributed by atoms with van der Waals surface area (Å²) in [6.45, 7) is 3.82. The Labute approximate surface area is 154 Å². The number of hydrogen-bond acceptors (Lipinski definition) is 6. The van der Waals surface area contributed by atoms with Crippen LogP contribution in [-0.2, 0) is 13.1 Å². The highest BCUT2D eigenvalue weighted by Gasteiger charge is 2.44. The second-order valence-electron chi connectivity index (χ2n) is 8.68. The molecule has 2 aromatic heterocycles. The Balaban J connectivity index is 1.27. The molecule has 1 aliphatic heterocycles. The van der Waals surface area contributed by atoms with Gasteiger partial charge in [-0.3, -0.25) is 10.00 Å². The summed E-state index contributed by atoms with van der Waals surface area (Å²) in [4.78, 5) is 9.48. The maximum Gasteiger partial charge on any atom is 0.153 e. The number of nitrogens with zero attached hydrogens (tertiary/aromatic N) is 5. The number of hydrogen-bond donors (Lipinski definition) is 1. The molecule has 26 heavy (non-hydrogen) atoms. The monoisotopic (exact) mass is 356 g/mol. The molecular formula is C19H28N6O. The minimum absolute atomic E-state index is 0.482. The van der Waals surface area contributed by atoms with Crippen molar-refractivity contribution in [1.29, 1.82) is 0 Å². The van der Waals surface area contributed by atoms with Gasteiger partial charge in [0.25, 0.3) is 0 Å². The van der Waals surface area contributed by atoms with Gasteiger partial charge in [-0.2, -0.15) is 5.10 Å². The molecule has 0 bridgehead atoms. The van der Waals surface area contributed by atoms with Gasteiger partial charge in [-0.1, -0.05) is 5.16 Å². The molecule has 3 aliphatic rings. The lowest BCUT2D eigenvalue weighted by atomic mass is 9.91. The first-order chi connectivity index (χ1) is 12.7. The third-order valence-corrected chi connectivity index (χ3v) is 5.95. The number of likely N-dealkylation sites (tertiary alicyclic amines) is 1. The highest BCUT2D eigenvalue weighted by Crippen LogP contribution is 2.47. The summed E-state index contributed by atoms with van der Waals surface area (Å²) in [5, 5.41) is 12.0. The average molecular weight is 356 g/mol. The van der Waals surface area contributed by atoms with Gasteiger partial charge in [0.1, 0.15) is 5.82 Å². The van der Waals surface area contributed by atoms with Crippen LogP contribution >= 0.6 is 0 Å². The Morgan fingerprint density at radius 3 is 2.81 bits per heavy atom. The lowest BCUT2D eigenvalue weighted by Gasteiger charge is -2.14. The first-order valence-electron chi connectivity index (χ1n) is 9.89. The minimum Gasteiger partial charge on any atom is -0.360 e.